The number of imidazole rings is 1. The number of aliphatic hydroxyl groups is 1. The standard InChI is InChI=1S/C22H26N8O3S/c1-4-18(31)22-26-16-11-24-20(9-17(16)30(22)13(2)3)27-19-7-8-23-21(28-19)14-10-25-29(12-14)34(32,33)15-5-6-15/h7-13,15,18,31H,4-6H2,1-3H3,(H,23,24,27,28)/t18-/m1/s1. The Labute approximate surface area is 197 Å². The van der Waals surface area contributed by atoms with Crippen LogP contribution in [0.5, 0.6) is 0 Å². The molecule has 0 bridgehead atoms. The van der Waals surface area contributed by atoms with Gasteiger partial charge in [0.2, 0.25) is 0 Å². The minimum atomic E-state index is -3.45. The summed E-state index contributed by atoms with van der Waals surface area (Å²) < 4.78 is 27.8. The number of nitrogens with one attached hydrogen (secondary N) is 1. The van der Waals surface area contributed by atoms with E-state index < -0.39 is 16.1 Å². The molecular formula is C22H26N8O3S. The molecule has 0 unspecified atom stereocenters. The average Bonchev–Trinajstić information content (AvgIpc) is 3.44. The number of hydrogen-bond acceptors (Lipinski definition) is 9. The van der Waals surface area contributed by atoms with Gasteiger partial charge in [-0.3, -0.25) is 0 Å². The first kappa shape index (κ1) is 22.4. The second-order valence-corrected chi connectivity index (χ2v) is 10.7. The van der Waals surface area contributed by atoms with Crippen molar-refractivity contribution in [3.05, 3.63) is 42.7 Å². The summed E-state index contributed by atoms with van der Waals surface area (Å²) in [7, 11) is -3.45. The van der Waals surface area contributed by atoms with Gasteiger partial charge >= 0.3 is 0 Å². The van der Waals surface area contributed by atoms with E-state index in [1.54, 1.807) is 18.5 Å². The maximum Gasteiger partial charge on any atom is 0.256 e. The van der Waals surface area contributed by atoms with Gasteiger partial charge in [-0.05, 0) is 39.2 Å². The molecule has 4 heterocycles. The van der Waals surface area contributed by atoms with E-state index >= 15 is 0 Å². The predicted molar refractivity (Wildman–Crippen MR) is 127 cm³/mol. The molecule has 34 heavy (non-hydrogen) atoms. The quantitative estimate of drug-likeness (QED) is 0.387. The SMILES string of the molecule is CC[C@@H](O)c1nc2cnc(Nc3ccnc(-c4cnn(S(=O)(=O)C5CC5)c4)n3)cc2n1C(C)C. The van der Waals surface area contributed by atoms with Crippen molar-refractivity contribution in [3.63, 3.8) is 0 Å². The van der Waals surface area contributed by atoms with Crippen LogP contribution in [0.25, 0.3) is 22.4 Å². The van der Waals surface area contributed by atoms with Crippen molar-refractivity contribution in [1.82, 2.24) is 33.7 Å². The Morgan fingerprint density at radius 3 is 2.68 bits per heavy atom. The van der Waals surface area contributed by atoms with Crippen LogP contribution in [0.4, 0.5) is 11.6 Å². The van der Waals surface area contributed by atoms with E-state index in [2.05, 4.69) is 30.4 Å². The summed E-state index contributed by atoms with van der Waals surface area (Å²) in [5.41, 5.74) is 2.07. The van der Waals surface area contributed by atoms with Crippen molar-refractivity contribution in [2.24, 2.45) is 0 Å². The number of pyridine rings is 1. The minimum absolute atomic E-state index is 0.102. The molecule has 1 saturated carbocycles. The van der Waals surface area contributed by atoms with Crippen LogP contribution >= 0.6 is 0 Å². The summed E-state index contributed by atoms with van der Waals surface area (Å²) in [6.45, 7) is 6.00. The Hall–Kier alpha value is -3.38. The predicted octanol–water partition coefficient (Wildman–Crippen LogP) is 3.19. The fraction of sp³-hybridized carbons (Fsp3) is 0.409. The number of anilines is 2. The van der Waals surface area contributed by atoms with Gasteiger partial charge < -0.3 is 15.0 Å². The molecular weight excluding hydrogens is 456 g/mol. The topological polar surface area (TPSA) is 141 Å². The maximum atomic E-state index is 12.4. The lowest BCUT2D eigenvalue weighted by Gasteiger charge is -2.16. The third kappa shape index (κ3) is 4.03. The molecule has 0 amide bonds. The van der Waals surface area contributed by atoms with Gasteiger partial charge in [0.25, 0.3) is 10.0 Å². The fourth-order valence-electron chi connectivity index (χ4n) is 3.82. The molecule has 11 nitrogen and oxygen atoms in total. The molecule has 4 aromatic rings. The lowest BCUT2D eigenvalue weighted by Crippen LogP contribution is -2.17. The van der Waals surface area contributed by atoms with E-state index in [1.165, 1.54) is 12.4 Å². The van der Waals surface area contributed by atoms with Crippen LogP contribution in [-0.4, -0.2) is 52.5 Å². The average molecular weight is 483 g/mol. The molecule has 0 saturated heterocycles. The molecule has 1 aliphatic rings. The van der Waals surface area contributed by atoms with Gasteiger partial charge in [0, 0.05) is 18.3 Å². The van der Waals surface area contributed by atoms with Gasteiger partial charge in [0.15, 0.2) is 5.82 Å². The Bertz CT molecular complexity index is 1460. The molecule has 1 aliphatic carbocycles. The normalized spacial score (nSPS) is 15.2. The van der Waals surface area contributed by atoms with Crippen molar-refractivity contribution < 1.29 is 13.5 Å². The Balaban J connectivity index is 1.44. The van der Waals surface area contributed by atoms with Crippen LogP contribution in [0.2, 0.25) is 0 Å². The van der Waals surface area contributed by atoms with Crippen molar-refractivity contribution in [2.45, 2.75) is 57.4 Å². The second kappa shape index (κ2) is 8.44. The van der Waals surface area contributed by atoms with Gasteiger partial charge in [-0.2, -0.15) is 9.19 Å². The van der Waals surface area contributed by atoms with Gasteiger partial charge in [0.05, 0.1) is 34.9 Å². The molecule has 0 aliphatic heterocycles. The number of aromatic nitrogens is 7. The summed E-state index contributed by atoms with van der Waals surface area (Å²) in [6.07, 6.45) is 7.39. The van der Waals surface area contributed by atoms with E-state index in [4.69, 9.17) is 0 Å². The molecule has 5 rings (SSSR count). The van der Waals surface area contributed by atoms with Crippen LogP contribution in [0.3, 0.4) is 0 Å². The highest BCUT2D eigenvalue weighted by Crippen LogP contribution is 2.31. The zero-order valence-electron chi connectivity index (χ0n) is 19.1. The Morgan fingerprint density at radius 1 is 1.18 bits per heavy atom. The molecule has 4 aromatic heterocycles. The largest absolute Gasteiger partial charge is 0.385 e. The fourth-order valence-corrected chi connectivity index (χ4v) is 5.30. The molecule has 12 heteroatoms. The van der Waals surface area contributed by atoms with Crippen LogP contribution in [0.15, 0.2) is 36.9 Å². The highest BCUT2D eigenvalue weighted by Gasteiger charge is 2.37. The number of nitrogens with zero attached hydrogens (tertiary/aromatic N) is 7. The summed E-state index contributed by atoms with van der Waals surface area (Å²) in [5, 5.41) is 17.2. The zero-order chi connectivity index (χ0) is 24.0. The Kier molecular flexibility index (Phi) is 5.56. The number of hydrogen-bond donors (Lipinski definition) is 2. The van der Waals surface area contributed by atoms with Gasteiger partial charge in [0.1, 0.15) is 29.1 Å². The van der Waals surface area contributed by atoms with Crippen LogP contribution in [-0.2, 0) is 10.0 Å². The van der Waals surface area contributed by atoms with E-state index in [1.807, 2.05) is 31.4 Å². The minimum Gasteiger partial charge on any atom is -0.385 e. The lowest BCUT2D eigenvalue weighted by molar-refractivity contribution is 0.158. The highest BCUT2D eigenvalue weighted by molar-refractivity contribution is 7.90. The maximum absolute atomic E-state index is 12.4. The molecule has 178 valence electrons. The van der Waals surface area contributed by atoms with Crippen molar-refractivity contribution in [3.8, 4) is 11.4 Å². The summed E-state index contributed by atoms with van der Waals surface area (Å²) in [5.74, 6) is 2.03. The smallest absolute Gasteiger partial charge is 0.256 e. The Morgan fingerprint density at radius 2 is 1.97 bits per heavy atom. The van der Waals surface area contributed by atoms with E-state index in [-0.39, 0.29) is 11.3 Å². The van der Waals surface area contributed by atoms with Gasteiger partial charge in [-0.1, -0.05) is 6.92 Å². The summed E-state index contributed by atoms with van der Waals surface area (Å²) in [6, 6.07) is 3.67. The monoisotopic (exact) mass is 482 g/mol. The van der Waals surface area contributed by atoms with E-state index in [0.717, 1.165) is 9.60 Å². The van der Waals surface area contributed by atoms with Gasteiger partial charge in [-0.25, -0.2) is 28.4 Å². The van der Waals surface area contributed by atoms with Gasteiger partial charge in [-0.15, -0.1) is 0 Å². The van der Waals surface area contributed by atoms with Crippen LogP contribution in [0.1, 0.15) is 58.0 Å². The number of rotatable bonds is 8. The highest BCUT2D eigenvalue weighted by atomic mass is 32.2. The lowest BCUT2D eigenvalue weighted by atomic mass is 10.2. The third-order valence-corrected chi connectivity index (χ3v) is 7.78. The first-order valence-electron chi connectivity index (χ1n) is 11.2. The van der Waals surface area contributed by atoms with Crippen molar-refractivity contribution in [2.75, 3.05) is 5.32 Å². The molecule has 1 fully saturated rings. The van der Waals surface area contributed by atoms with Crippen LogP contribution < -0.4 is 5.32 Å². The van der Waals surface area contributed by atoms with Crippen molar-refractivity contribution >= 4 is 32.7 Å². The second-order valence-electron chi connectivity index (χ2n) is 8.65. The summed E-state index contributed by atoms with van der Waals surface area (Å²) >= 11 is 0. The molecule has 1 atom stereocenters. The third-order valence-electron chi connectivity index (χ3n) is 5.74. The number of fused-ring (bicyclic) bond motifs is 1. The molecule has 0 radical (unpaired) electrons. The van der Waals surface area contributed by atoms with E-state index in [9.17, 15) is 13.5 Å². The first-order chi connectivity index (χ1) is 16.3. The molecule has 0 aromatic carbocycles. The molecule has 2 N–H and O–H groups in total. The summed E-state index contributed by atoms with van der Waals surface area (Å²) in [4.78, 5) is 17.8. The first-order valence-corrected chi connectivity index (χ1v) is 12.7. The van der Waals surface area contributed by atoms with Crippen molar-refractivity contribution in [1.29, 1.82) is 0 Å². The van der Waals surface area contributed by atoms with E-state index in [0.29, 0.717) is 53.6 Å². The van der Waals surface area contributed by atoms with Crippen LogP contribution in [0, 0.1) is 0 Å². The molecule has 0 spiro atoms. The zero-order valence-corrected chi connectivity index (χ0v) is 19.9. The number of aliphatic hydroxyl groups excluding tert-OH is 1.